The van der Waals surface area contributed by atoms with Gasteiger partial charge in [0, 0.05) is 16.6 Å². The number of nitrogens with zero attached hydrogens (tertiary/aromatic N) is 2. The highest BCUT2D eigenvalue weighted by molar-refractivity contribution is 7.99. The molecule has 1 unspecified atom stereocenters. The first-order valence-electron chi connectivity index (χ1n) is 11.8. The summed E-state index contributed by atoms with van der Waals surface area (Å²) < 4.78 is 0. The number of benzene rings is 3. The summed E-state index contributed by atoms with van der Waals surface area (Å²) in [5, 5.41) is 4.69. The van der Waals surface area contributed by atoms with E-state index in [1.807, 2.05) is 53.6 Å². The zero-order valence-electron chi connectivity index (χ0n) is 20.3. The minimum atomic E-state index is -0.217. The number of aryl methyl sites for hydroxylation is 2. The van der Waals surface area contributed by atoms with Crippen LogP contribution >= 0.6 is 23.1 Å². The van der Waals surface area contributed by atoms with Crippen LogP contribution in [-0.4, -0.2) is 22.6 Å². The summed E-state index contributed by atoms with van der Waals surface area (Å²) in [5.41, 5.74) is 8.08. The molecular weight excluding hydrogens is 482 g/mol. The number of nitrogens with one attached hydrogen (secondary N) is 1. The molecule has 0 saturated heterocycles. The Morgan fingerprint density at radius 3 is 2.22 bits per heavy atom. The van der Waals surface area contributed by atoms with Crippen LogP contribution in [0.3, 0.4) is 0 Å². The predicted octanol–water partition coefficient (Wildman–Crippen LogP) is 7.97. The van der Waals surface area contributed by atoms with E-state index in [0.717, 1.165) is 44.0 Å². The molecule has 6 rings (SSSR count). The van der Waals surface area contributed by atoms with E-state index in [9.17, 15) is 4.79 Å². The Kier molecular flexibility index (Phi) is 5.78. The average Bonchev–Trinajstić information content (AvgIpc) is 3.28. The third-order valence-electron chi connectivity index (χ3n) is 6.54. The molecule has 1 atom stereocenters. The number of rotatable bonds is 4. The quantitative estimate of drug-likeness (QED) is 0.268. The van der Waals surface area contributed by atoms with Gasteiger partial charge in [-0.3, -0.25) is 9.69 Å². The molecule has 1 aliphatic heterocycles. The van der Waals surface area contributed by atoms with Crippen molar-refractivity contribution in [3.05, 3.63) is 101 Å². The van der Waals surface area contributed by atoms with Crippen molar-refractivity contribution in [2.24, 2.45) is 0 Å². The number of thiophene rings is 1. The molecule has 1 aliphatic rings. The number of hydrogen-bond donors (Lipinski definition) is 1. The molecule has 0 saturated carbocycles. The normalized spacial score (nSPS) is 15.1. The summed E-state index contributed by atoms with van der Waals surface area (Å²) in [4.78, 5) is 22.4. The van der Waals surface area contributed by atoms with Gasteiger partial charge in [0.2, 0.25) is 0 Å². The second-order valence-corrected chi connectivity index (χ2v) is 10.9. The van der Waals surface area contributed by atoms with Crippen LogP contribution in [0.5, 0.6) is 0 Å². The smallest absolute Gasteiger partial charge is 0.272 e. The number of aromatic nitrogens is 1. The Bertz CT molecular complexity index is 1580. The Morgan fingerprint density at radius 2 is 1.56 bits per heavy atom. The number of fused-ring (bicyclic) bond motifs is 3. The van der Waals surface area contributed by atoms with E-state index in [4.69, 9.17) is 4.98 Å². The van der Waals surface area contributed by atoms with Gasteiger partial charge in [0.25, 0.3) is 5.91 Å². The van der Waals surface area contributed by atoms with Gasteiger partial charge in [-0.05, 0) is 49.4 Å². The van der Waals surface area contributed by atoms with E-state index in [-0.39, 0.29) is 11.4 Å². The fourth-order valence-electron chi connectivity index (χ4n) is 4.63. The number of anilines is 2. The molecule has 3 heterocycles. The summed E-state index contributed by atoms with van der Waals surface area (Å²) >= 11 is 3.08. The first-order valence-corrected chi connectivity index (χ1v) is 13.9. The molecule has 3 aromatic carbocycles. The van der Waals surface area contributed by atoms with Gasteiger partial charge < -0.3 is 5.32 Å². The molecule has 6 heteroatoms. The molecule has 0 bridgehead atoms. The zero-order valence-corrected chi connectivity index (χ0v) is 21.9. The van der Waals surface area contributed by atoms with Crippen molar-refractivity contribution in [2.75, 3.05) is 16.5 Å². The lowest BCUT2D eigenvalue weighted by Crippen LogP contribution is -2.46. The Hall–Kier alpha value is -3.61. The van der Waals surface area contributed by atoms with E-state index in [0.29, 0.717) is 4.88 Å². The average molecular weight is 508 g/mol. The van der Waals surface area contributed by atoms with Crippen LogP contribution in [0.4, 0.5) is 11.4 Å². The second kappa shape index (κ2) is 9.12. The molecule has 178 valence electrons. The number of amides is 1. The third kappa shape index (κ3) is 3.87. The molecule has 36 heavy (non-hydrogen) atoms. The van der Waals surface area contributed by atoms with Gasteiger partial charge in [0.05, 0.1) is 11.4 Å². The predicted molar refractivity (Wildman–Crippen MR) is 154 cm³/mol. The maximum absolute atomic E-state index is 13.9. The molecule has 1 N–H and O–H groups in total. The number of carbonyl (C=O) groups excluding carboxylic acids is 1. The van der Waals surface area contributed by atoms with E-state index in [1.54, 1.807) is 11.8 Å². The summed E-state index contributed by atoms with van der Waals surface area (Å²) in [5.74, 6) is 0.00542. The number of pyridine rings is 1. The minimum absolute atomic E-state index is 0.00542. The van der Waals surface area contributed by atoms with Gasteiger partial charge in [0.1, 0.15) is 9.71 Å². The highest BCUT2D eigenvalue weighted by Gasteiger charge is 2.36. The number of carbonyl (C=O) groups is 1. The van der Waals surface area contributed by atoms with E-state index in [1.165, 1.54) is 22.5 Å². The molecule has 0 aliphatic carbocycles. The van der Waals surface area contributed by atoms with Crippen molar-refractivity contribution in [1.82, 2.24) is 4.98 Å². The van der Waals surface area contributed by atoms with E-state index >= 15 is 0 Å². The topological polar surface area (TPSA) is 45.2 Å². The summed E-state index contributed by atoms with van der Waals surface area (Å²) in [7, 11) is 0. The van der Waals surface area contributed by atoms with Gasteiger partial charge in [-0.1, -0.05) is 77.9 Å². The number of thioether (sulfide) groups is 1. The van der Waals surface area contributed by atoms with Crippen LogP contribution in [-0.2, 0) is 0 Å². The largest absolute Gasteiger partial charge is 0.354 e. The summed E-state index contributed by atoms with van der Waals surface area (Å²) in [6, 6.07) is 29.1. The Labute approximate surface area is 219 Å². The van der Waals surface area contributed by atoms with Gasteiger partial charge in [-0.25, -0.2) is 4.98 Å². The first kappa shape index (κ1) is 22.8. The van der Waals surface area contributed by atoms with Crippen molar-refractivity contribution in [3.63, 3.8) is 0 Å². The van der Waals surface area contributed by atoms with Crippen LogP contribution in [0.1, 0.15) is 20.8 Å². The minimum Gasteiger partial charge on any atom is -0.354 e. The van der Waals surface area contributed by atoms with Crippen molar-refractivity contribution < 1.29 is 4.79 Å². The van der Waals surface area contributed by atoms with Crippen LogP contribution in [0.2, 0.25) is 0 Å². The first-order chi connectivity index (χ1) is 17.5. The van der Waals surface area contributed by atoms with Crippen molar-refractivity contribution >= 4 is 50.6 Å². The van der Waals surface area contributed by atoms with Crippen molar-refractivity contribution in [3.8, 4) is 22.4 Å². The molecule has 2 aromatic heterocycles. The summed E-state index contributed by atoms with van der Waals surface area (Å²) in [6.45, 7) is 4.14. The zero-order chi connectivity index (χ0) is 24.8. The molecule has 0 radical (unpaired) electrons. The second-order valence-electron chi connectivity index (χ2n) is 9.02. The van der Waals surface area contributed by atoms with Crippen LogP contribution in [0.15, 0.2) is 84.9 Å². The van der Waals surface area contributed by atoms with Gasteiger partial charge >= 0.3 is 0 Å². The van der Waals surface area contributed by atoms with Gasteiger partial charge in [-0.2, -0.15) is 0 Å². The summed E-state index contributed by atoms with van der Waals surface area (Å²) in [6.07, 6.45) is 2.03. The molecule has 0 spiro atoms. The highest BCUT2D eigenvalue weighted by atomic mass is 32.2. The fourth-order valence-corrected chi connectivity index (χ4v) is 6.39. The third-order valence-corrected chi connectivity index (χ3v) is 8.39. The van der Waals surface area contributed by atoms with Crippen LogP contribution < -0.4 is 10.2 Å². The van der Waals surface area contributed by atoms with Crippen LogP contribution in [0.25, 0.3) is 32.6 Å². The maximum Gasteiger partial charge on any atom is 0.272 e. The molecule has 1 amide bonds. The molecule has 4 nitrogen and oxygen atoms in total. The SMILES string of the molecule is CSC1Nc2c(sc3nc(-c4ccc(C)cc4)cc(-c4ccccc4)c23)C(=O)N1c1ccc(C)cc1. The van der Waals surface area contributed by atoms with Crippen LogP contribution in [0, 0.1) is 13.8 Å². The lowest BCUT2D eigenvalue weighted by Gasteiger charge is -2.35. The standard InChI is InChI=1S/C30H25N3OS2/c1-18-9-13-21(14-10-18)24-17-23(20-7-5-4-6-8-20)25-26-27(36-28(25)31-24)29(34)33(30(32-26)35-3)22-15-11-19(2)12-16-22/h4-17,30,32H,1-3H3. The number of hydrogen-bond acceptors (Lipinski definition) is 5. The van der Waals surface area contributed by atoms with E-state index in [2.05, 4.69) is 61.6 Å². The Morgan fingerprint density at radius 1 is 0.889 bits per heavy atom. The van der Waals surface area contributed by atoms with Gasteiger partial charge in [-0.15, -0.1) is 23.1 Å². The monoisotopic (exact) mass is 507 g/mol. The maximum atomic E-state index is 13.9. The highest BCUT2D eigenvalue weighted by Crippen LogP contribution is 2.46. The van der Waals surface area contributed by atoms with Crippen molar-refractivity contribution in [2.45, 2.75) is 19.3 Å². The molecular formula is C30H25N3OS2. The Balaban J connectivity index is 1.57. The fraction of sp³-hybridized carbons (Fsp3) is 0.133. The lowest BCUT2D eigenvalue weighted by atomic mass is 9.99. The molecule has 0 fully saturated rings. The lowest BCUT2D eigenvalue weighted by molar-refractivity contribution is 0.0987. The van der Waals surface area contributed by atoms with Gasteiger partial charge in [0.15, 0.2) is 5.50 Å². The van der Waals surface area contributed by atoms with E-state index < -0.39 is 0 Å². The molecule has 5 aromatic rings. The van der Waals surface area contributed by atoms with Crippen molar-refractivity contribution in [1.29, 1.82) is 0 Å².